The molecule has 178 valence electrons. The molecule has 1 aliphatic heterocycles. The molecule has 8 heteroatoms. The maximum Gasteiger partial charge on any atom is 0.343 e. The zero-order valence-electron chi connectivity index (χ0n) is 19.8. The lowest BCUT2D eigenvalue weighted by Gasteiger charge is -2.29. The maximum atomic E-state index is 14.0. The number of hydrogen-bond acceptors (Lipinski definition) is 6. The van der Waals surface area contributed by atoms with Crippen molar-refractivity contribution in [3.63, 3.8) is 0 Å². The summed E-state index contributed by atoms with van der Waals surface area (Å²) in [5.74, 6) is -0.567. The van der Waals surface area contributed by atoms with Gasteiger partial charge in [-0.1, -0.05) is 43.3 Å². The first kappa shape index (κ1) is 22.7. The van der Waals surface area contributed by atoms with Crippen LogP contribution in [0.3, 0.4) is 0 Å². The average Bonchev–Trinajstić information content (AvgIpc) is 3.31. The number of likely N-dealkylation sites (N-methyl/N-ethyl adjacent to an activating group) is 1. The van der Waals surface area contributed by atoms with E-state index in [-0.39, 0.29) is 23.9 Å². The predicted octanol–water partition coefficient (Wildman–Crippen LogP) is 4.23. The molecule has 1 aliphatic rings. The molecule has 0 spiro atoms. The van der Waals surface area contributed by atoms with Crippen molar-refractivity contribution in [1.29, 1.82) is 0 Å². The molecule has 35 heavy (non-hydrogen) atoms. The first-order chi connectivity index (χ1) is 17.1. The Morgan fingerprint density at radius 2 is 1.83 bits per heavy atom. The molecule has 0 saturated heterocycles. The summed E-state index contributed by atoms with van der Waals surface area (Å²) in [6.45, 7) is 6.52. The van der Waals surface area contributed by atoms with Gasteiger partial charge in [0.2, 0.25) is 0 Å². The number of ether oxygens (including phenoxy) is 1. The summed E-state index contributed by atoms with van der Waals surface area (Å²) >= 11 is 0. The van der Waals surface area contributed by atoms with Crippen LogP contribution in [0.5, 0.6) is 0 Å². The highest BCUT2D eigenvalue weighted by Crippen LogP contribution is 2.30. The van der Waals surface area contributed by atoms with Crippen LogP contribution in [-0.4, -0.2) is 51.2 Å². The van der Waals surface area contributed by atoms with E-state index in [9.17, 15) is 9.59 Å². The lowest BCUT2D eigenvalue weighted by Crippen LogP contribution is -2.33. The Labute approximate surface area is 203 Å². The van der Waals surface area contributed by atoms with E-state index >= 15 is 0 Å². The van der Waals surface area contributed by atoms with Crippen LogP contribution in [0.15, 0.2) is 60.8 Å². The SMILES string of the molecule is CCOC(=O)c1cnn(-c2ccccc2)c1NC(=O)c1c2c(nc3ccccc13)CCN(CC)C2. The zero-order valence-corrected chi connectivity index (χ0v) is 19.8. The highest BCUT2D eigenvalue weighted by atomic mass is 16.5. The van der Waals surface area contributed by atoms with E-state index < -0.39 is 5.97 Å². The van der Waals surface area contributed by atoms with Gasteiger partial charge in [-0.25, -0.2) is 9.48 Å². The number of benzene rings is 2. The molecular formula is C27H27N5O3. The van der Waals surface area contributed by atoms with Gasteiger partial charge in [0.05, 0.1) is 29.6 Å². The number of carbonyl (C=O) groups is 2. The fraction of sp³-hybridized carbons (Fsp3) is 0.259. The van der Waals surface area contributed by atoms with Crippen LogP contribution in [0.25, 0.3) is 16.6 Å². The third-order valence-electron chi connectivity index (χ3n) is 6.30. The number of carbonyl (C=O) groups excluding carboxylic acids is 2. The molecule has 4 aromatic rings. The number of nitrogens with one attached hydrogen (secondary N) is 1. The Morgan fingerprint density at radius 3 is 2.60 bits per heavy atom. The van der Waals surface area contributed by atoms with Gasteiger partial charge < -0.3 is 10.1 Å². The van der Waals surface area contributed by atoms with Crippen molar-refractivity contribution >= 4 is 28.6 Å². The Balaban J connectivity index is 1.63. The largest absolute Gasteiger partial charge is 0.462 e. The number of esters is 1. The Kier molecular flexibility index (Phi) is 6.29. The normalized spacial score (nSPS) is 13.4. The van der Waals surface area contributed by atoms with Gasteiger partial charge in [-0.2, -0.15) is 5.10 Å². The molecule has 0 saturated carbocycles. The smallest absolute Gasteiger partial charge is 0.343 e. The van der Waals surface area contributed by atoms with E-state index in [0.717, 1.165) is 47.4 Å². The molecule has 0 fully saturated rings. The summed E-state index contributed by atoms with van der Waals surface area (Å²) in [4.78, 5) is 33.8. The van der Waals surface area contributed by atoms with Gasteiger partial charge >= 0.3 is 5.97 Å². The minimum Gasteiger partial charge on any atom is -0.462 e. The van der Waals surface area contributed by atoms with Crippen molar-refractivity contribution in [3.8, 4) is 5.69 Å². The fourth-order valence-corrected chi connectivity index (χ4v) is 4.54. The third kappa shape index (κ3) is 4.28. The van der Waals surface area contributed by atoms with Crippen LogP contribution in [0, 0.1) is 0 Å². The Morgan fingerprint density at radius 1 is 1.06 bits per heavy atom. The predicted molar refractivity (Wildman–Crippen MR) is 134 cm³/mol. The summed E-state index contributed by atoms with van der Waals surface area (Å²) in [6.07, 6.45) is 2.21. The van der Waals surface area contributed by atoms with Gasteiger partial charge in [0.1, 0.15) is 5.56 Å². The molecule has 5 rings (SSSR count). The Bertz CT molecular complexity index is 1400. The van der Waals surface area contributed by atoms with Crippen molar-refractivity contribution < 1.29 is 14.3 Å². The summed E-state index contributed by atoms with van der Waals surface area (Å²) < 4.78 is 6.79. The molecule has 0 atom stereocenters. The van der Waals surface area contributed by atoms with E-state index in [2.05, 4.69) is 22.2 Å². The van der Waals surface area contributed by atoms with Crippen LogP contribution in [-0.2, 0) is 17.7 Å². The molecular weight excluding hydrogens is 442 g/mol. The second kappa shape index (κ2) is 9.68. The molecule has 0 bridgehead atoms. The molecule has 2 aromatic carbocycles. The van der Waals surface area contributed by atoms with Gasteiger partial charge in [-0.15, -0.1) is 0 Å². The van der Waals surface area contributed by atoms with Crippen LogP contribution in [0.1, 0.15) is 45.8 Å². The molecule has 1 amide bonds. The molecule has 0 unspecified atom stereocenters. The number of rotatable bonds is 6. The molecule has 2 aromatic heterocycles. The molecule has 0 radical (unpaired) electrons. The topological polar surface area (TPSA) is 89.3 Å². The van der Waals surface area contributed by atoms with E-state index in [1.54, 1.807) is 11.6 Å². The standard InChI is InChI=1S/C27H27N5O3/c1-3-31-15-14-23-21(17-31)24(19-12-8-9-13-22(19)29-23)26(33)30-25-20(27(34)35-4-2)16-28-32(25)18-10-6-5-7-11-18/h5-13,16H,3-4,14-15,17H2,1-2H3,(H,30,33). The first-order valence-corrected chi connectivity index (χ1v) is 11.9. The van der Waals surface area contributed by atoms with Crippen LogP contribution >= 0.6 is 0 Å². The number of aromatic nitrogens is 3. The number of fused-ring (bicyclic) bond motifs is 2. The zero-order chi connectivity index (χ0) is 24.4. The van der Waals surface area contributed by atoms with Crippen molar-refractivity contribution in [1.82, 2.24) is 19.7 Å². The van der Waals surface area contributed by atoms with Crippen LogP contribution in [0.4, 0.5) is 5.82 Å². The number of anilines is 1. The first-order valence-electron chi connectivity index (χ1n) is 11.9. The van der Waals surface area contributed by atoms with Gasteiger partial charge in [0, 0.05) is 36.2 Å². The average molecular weight is 470 g/mol. The highest BCUT2D eigenvalue weighted by molar-refractivity contribution is 6.15. The molecule has 8 nitrogen and oxygen atoms in total. The number of amides is 1. The van der Waals surface area contributed by atoms with E-state index in [0.29, 0.717) is 12.1 Å². The van der Waals surface area contributed by atoms with Gasteiger partial charge in [-0.05, 0) is 31.7 Å². The Hall–Kier alpha value is -4.04. The molecule has 3 heterocycles. The van der Waals surface area contributed by atoms with Gasteiger partial charge in [0.25, 0.3) is 5.91 Å². The third-order valence-corrected chi connectivity index (χ3v) is 6.30. The molecule has 1 N–H and O–H groups in total. The number of para-hydroxylation sites is 2. The second-order valence-corrected chi connectivity index (χ2v) is 8.38. The van der Waals surface area contributed by atoms with Crippen molar-refractivity contribution in [2.75, 3.05) is 25.0 Å². The monoisotopic (exact) mass is 469 g/mol. The summed E-state index contributed by atoms with van der Waals surface area (Å²) in [7, 11) is 0. The van der Waals surface area contributed by atoms with E-state index in [4.69, 9.17) is 9.72 Å². The highest BCUT2D eigenvalue weighted by Gasteiger charge is 2.28. The van der Waals surface area contributed by atoms with Crippen molar-refractivity contribution in [3.05, 3.63) is 83.2 Å². The quantitative estimate of drug-likeness (QED) is 0.425. The number of nitrogens with zero attached hydrogens (tertiary/aromatic N) is 4. The molecule has 0 aliphatic carbocycles. The number of pyridine rings is 1. The summed E-state index contributed by atoms with van der Waals surface area (Å²) in [5.41, 5.74) is 4.16. The minimum atomic E-state index is -0.538. The van der Waals surface area contributed by atoms with Crippen LogP contribution in [0.2, 0.25) is 0 Å². The summed E-state index contributed by atoms with van der Waals surface area (Å²) in [5, 5.41) is 8.18. The maximum absolute atomic E-state index is 14.0. The lowest BCUT2D eigenvalue weighted by molar-refractivity contribution is 0.0527. The lowest BCUT2D eigenvalue weighted by atomic mass is 9.95. The van der Waals surface area contributed by atoms with E-state index in [1.807, 2.05) is 54.6 Å². The van der Waals surface area contributed by atoms with E-state index in [1.165, 1.54) is 6.20 Å². The van der Waals surface area contributed by atoms with Gasteiger partial charge in [-0.3, -0.25) is 14.7 Å². The van der Waals surface area contributed by atoms with Crippen molar-refractivity contribution in [2.45, 2.75) is 26.8 Å². The summed E-state index contributed by atoms with van der Waals surface area (Å²) in [6, 6.07) is 17.0. The van der Waals surface area contributed by atoms with Crippen LogP contribution < -0.4 is 5.32 Å². The number of hydrogen-bond donors (Lipinski definition) is 1. The van der Waals surface area contributed by atoms with Gasteiger partial charge in [0.15, 0.2) is 5.82 Å². The van der Waals surface area contributed by atoms with Crippen molar-refractivity contribution in [2.24, 2.45) is 0 Å². The minimum absolute atomic E-state index is 0.200. The fourth-order valence-electron chi connectivity index (χ4n) is 4.54. The second-order valence-electron chi connectivity index (χ2n) is 8.38.